The molecule has 0 aliphatic carbocycles. The maximum atomic E-state index is 9.45. The zero-order valence-corrected chi connectivity index (χ0v) is 3.56. The van der Waals surface area contributed by atoms with Crippen LogP contribution in [0.3, 0.4) is 0 Å². The van der Waals surface area contributed by atoms with Gasteiger partial charge in [-0.1, -0.05) is 0 Å². The summed E-state index contributed by atoms with van der Waals surface area (Å²) in [6.07, 6.45) is 1.41. The van der Waals surface area contributed by atoms with E-state index in [1.807, 2.05) is 0 Å². The number of hydrogen-bond donors (Lipinski definition) is 2. The van der Waals surface area contributed by atoms with Crippen LogP contribution in [0, 0.1) is 0 Å². The zero-order valence-electron chi connectivity index (χ0n) is 3.56. The second-order valence-corrected chi connectivity index (χ2v) is 1.38. The lowest BCUT2D eigenvalue weighted by molar-refractivity contribution is 0.507. The van der Waals surface area contributed by atoms with Gasteiger partial charge in [0.05, 0.1) is 0 Å². The first-order chi connectivity index (χ1) is 2.56. The number of nitrogens with two attached hydrogens (primary N) is 2. The van der Waals surface area contributed by atoms with E-state index >= 15 is 0 Å². The van der Waals surface area contributed by atoms with Crippen molar-refractivity contribution in [1.29, 1.82) is 0 Å². The van der Waals surface area contributed by atoms with Gasteiger partial charge in [0.1, 0.15) is 5.66 Å². The first kappa shape index (κ1) is 5.59. The van der Waals surface area contributed by atoms with Crippen LogP contribution in [0.4, 0.5) is 0 Å². The van der Waals surface area contributed by atoms with E-state index < -0.39 is 5.66 Å². The van der Waals surface area contributed by atoms with Gasteiger partial charge in [-0.2, -0.15) is 0 Å². The van der Waals surface area contributed by atoms with Crippen LogP contribution in [0.2, 0.25) is 0 Å². The van der Waals surface area contributed by atoms with Crippen molar-refractivity contribution in [3.05, 3.63) is 0 Å². The Hall–Kier alpha value is -0.410. The van der Waals surface area contributed by atoms with E-state index in [1.165, 1.54) is 13.2 Å². The zero-order chi connectivity index (χ0) is 5.21. The van der Waals surface area contributed by atoms with Gasteiger partial charge in [0.15, 0.2) is 0 Å². The highest BCUT2D eigenvalue weighted by molar-refractivity contribution is 5.62. The topological polar surface area (TPSA) is 69.1 Å². The van der Waals surface area contributed by atoms with E-state index in [-0.39, 0.29) is 0 Å². The van der Waals surface area contributed by atoms with Gasteiger partial charge in [-0.25, -0.2) is 0 Å². The van der Waals surface area contributed by atoms with Crippen LogP contribution in [0.25, 0.3) is 0 Å². The molecule has 0 aromatic rings. The average molecular weight is 87.1 g/mol. The minimum atomic E-state index is -1.26. The first-order valence-electron chi connectivity index (χ1n) is 1.53. The highest BCUT2D eigenvalue weighted by atomic mass is 16.1. The summed E-state index contributed by atoms with van der Waals surface area (Å²) in [5, 5.41) is 0. The molecule has 0 heterocycles. The smallest absolute Gasteiger partial charge is 0.235 e. The fourth-order valence-corrected chi connectivity index (χ4v) is 0. The van der Waals surface area contributed by atoms with Gasteiger partial charge in [0, 0.05) is 0 Å². The molecule has 0 rings (SSSR count). The van der Waals surface area contributed by atoms with Gasteiger partial charge in [-0.3, -0.25) is 4.79 Å². The van der Waals surface area contributed by atoms with Crippen molar-refractivity contribution in [2.75, 3.05) is 0 Å². The van der Waals surface area contributed by atoms with Crippen LogP contribution in [-0.2, 0) is 4.79 Å². The number of rotatable bonds is 1. The molecule has 0 aliphatic heterocycles. The predicted molar refractivity (Wildman–Crippen MR) is 22.5 cm³/mol. The van der Waals surface area contributed by atoms with E-state index in [2.05, 4.69) is 0 Å². The predicted octanol–water partition coefficient (Wildman–Crippen LogP) is -1.27. The lowest BCUT2D eigenvalue weighted by atomic mass is 10.3. The Balaban J connectivity index is 3.45. The molecular formula is C3H7N2O. The van der Waals surface area contributed by atoms with Crippen molar-refractivity contribution < 1.29 is 4.79 Å². The molecular weight excluding hydrogens is 80.0 g/mol. The monoisotopic (exact) mass is 87.1 g/mol. The quantitative estimate of drug-likeness (QED) is 0.392. The Morgan fingerprint density at radius 2 is 1.83 bits per heavy atom. The van der Waals surface area contributed by atoms with Gasteiger partial charge in [-0.05, 0) is 6.92 Å². The molecule has 0 amide bonds. The maximum Gasteiger partial charge on any atom is 0.235 e. The number of carbonyl (C=O) groups excluding carboxylic acids is 1. The molecule has 4 N–H and O–H groups in total. The fourth-order valence-electron chi connectivity index (χ4n) is 0. The van der Waals surface area contributed by atoms with Crippen molar-refractivity contribution in [2.24, 2.45) is 11.5 Å². The van der Waals surface area contributed by atoms with Gasteiger partial charge in [0.2, 0.25) is 6.29 Å². The van der Waals surface area contributed by atoms with Crippen LogP contribution in [0.1, 0.15) is 6.92 Å². The van der Waals surface area contributed by atoms with Crippen LogP contribution >= 0.6 is 0 Å². The Labute approximate surface area is 36.3 Å². The molecule has 0 fully saturated rings. The summed E-state index contributed by atoms with van der Waals surface area (Å²) in [6, 6.07) is 0. The summed E-state index contributed by atoms with van der Waals surface area (Å²) in [4.78, 5) is 9.45. The standard InChI is InChI=1S/C3H7N2O/c1-3(4,5)2-6/h4-5H2,1H3. The maximum absolute atomic E-state index is 9.45. The Morgan fingerprint density at radius 1 is 1.67 bits per heavy atom. The molecule has 35 valence electrons. The minimum Gasteiger partial charge on any atom is -0.307 e. The van der Waals surface area contributed by atoms with E-state index in [1.54, 1.807) is 0 Å². The summed E-state index contributed by atoms with van der Waals surface area (Å²) in [6.45, 7) is 1.38. The largest absolute Gasteiger partial charge is 0.307 e. The third kappa shape index (κ3) is 3.59. The normalized spacial score (nSPS) is 11.2. The minimum absolute atomic E-state index is 1.26. The molecule has 3 heteroatoms. The molecule has 0 saturated carbocycles. The molecule has 0 aliphatic rings. The lowest BCUT2D eigenvalue weighted by Gasteiger charge is -2.03. The highest BCUT2D eigenvalue weighted by Crippen LogP contribution is 1.73. The van der Waals surface area contributed by atoms with Crippen LogP contribution in [0.15, 0.2) is 0 Å². The first-order valence-corrected chi connectivity index (χ1v) is 1.53. The van der Waals surface area contributed by atoms with Crippen molar-refractivity contribution in [1.82, 2.24) is 0 Å². The Bertz CT molecular complexity index is 54.3. The van der Waals surface area contributed by atoms with E-state index in [9.17, 15) is 4.79 Å². The third-order valence-electron chi connectivity index (χ3n) is 0.220. The highest BCUT2D eigenvalue weighted by Gasteiger charge is 2.07. The van der Waals surface area contributed by atoms with Crippen LogP contribution in [-0.4, -0.2) is 11.9 Å². The van der Waals surface area contributed by atoms with E-state index in [0.717, 1.165) is 0 Å². The van der Waals surface area contributed by atoms with Crippen molar-refractivity contribution >= 4 is 6.29 Å². The van der Waals surface area contributed by atoms with Crippen LogP contribution < -0.4 is 11.5 Å². The Kier molecular flexibility index (Phi) is 1.27. The van der Waals surface area contributed by atoms with Crippen molar-refractivity contribution in [2.45, 2.75) is 12.6 Å². The Morgan fingerprint density at radius 3 is 1.83 bits per heavy atom. The van der Waals surface area contributed by atoms with E-state index in [0.29, 0.717) is 0 Å². The number of hydrogen-bond acceptors (Lipinski definition) is 3. The average Bonchev–Trinajstić information content (AvgIpc) is 1.35. The second kappa shape index (κ2) is 1.36. The summed E-state index contributed by atoms with van der Waals surface area (Å²) in [5.74, 6) is 0. The summed E-state index contributed by atoms with van der Waals surface area (Å²) < 4.78 is 0. The van der Waals surface area contributed by atoms with Crippen molar-refractivity contribution in [3.8, 4) is 0 Å². The van der Waals surface area contributed by atoms with Gasteiger partial charge in [-0.15, -0.1) is 0 Å². The summed E-state index contributed by atoms with van der Waals surface area (Å²) in [7, 11) is 0. The molecule has 0 saturated heterocycles. The van der Waals surface area contributed by atoms with Crippen LogP contribution in [0.5, 0.6) is 0 Å². The summed E-state index contributed by atoms with van der Waals surface area (Å²) in [5.41, 5.74) is 8.51. The molecule has 3 nitrogen and oxygen atoms in total. The molecule has 0 unspecified atom stereocenters. The van der Waals surface area contributed by atoms with Gasteiger partial charge in [0.25, 0.3) is 0 Å². The molecule has 0 bridgehead atoms. The van der Waals surface area contributed by atoms with Crippen molar-refractivity contribution in [3.63, 3.8) is 0 Å². The molecule has 0 aromatic heterocycles. The van der Waals surface area contributed by atoms with E-state index in [4.69, 9.17) is 11.5 Å². The van der Waals surface area contributed by atoms with Gasteiger partial charge >= 0.3 is 0 Å². The molecule has 0 atom stereocenters. The lowest BCUT2D eigenvalue weighted by Crippen LogP contribution is -2.47. The molecule has 1 radical (unpaired) electrons. The summed E-state index contributed by atoms with van der Waals surface area (Å²) >= 11 is 0. The molecule has 6 heavy (non-hydrogen) atoms. The molecule has 0 aromatic carbocycles. The van der Waals surface area contributed by atoms with Gasteiger partial charge < -0.3 is 11.5 Å². The third-order valence-corrected chi connectivity index (χ3v) is 0.220. The second-order valence-electron chi connectivity index (χ2n) is 1.38. The molecule has 0 spiro atoms. The fraction of sp³-hybridized carbons (Fsp3) is 0.667. The SMILES string of the molecule is CC(N)(N)[C]=O.